The smallest absolute Gasteiger partial charge is 0.318 e. The monoisotopic (exact) mass is 292 g/mol. The van der Waals surface area contributed by atoms with Gasteiger partial charge in [0.25, 0.3) is 0 Å². The van der Waals surface area contributed by atoms with Crippen LogP contribution in [0, 0.1) is 5.92 Å². The van der Waals surface area contributed by atoms with Crippen LogP contribution in [0.15, 0.2) is 30.5 Å². The van der Waals surface area contributed by atoms with Gasteiger partial charge in [0.05, 0.1) is 0 Å². The topological polar surface area (TPSA) is 41.1 Å². The zero-order valence-corrected chi connectivity index (χ0v) is 12.5. The lowest BCUT2D eigenvalue weighted by molar-refractivity contribution is 0.225. The number of hydrogen-bond acceptors (Lipinski definition) is 1. The standard InChI is InChI=1S/C16H21ClN2O/c1-12-5-2-3-8-15(12)19-16(20)18-10-9-13-6-4-7-14(17)11-13/h4,6-7,9-12,15H,2-3,5,8H2,1H3,(H2,18,19,20)/b10-9+. The highest BCUT2D eigenvalue weighted by Crippen LogP contribution is 2.23. The van der Waals surface area contributed by atoms with Crippen molar-refractivity contribution in [3.8, 4) is 0 Å². The maximum Gasteiger partial charge on any atom is 0.318 e. The van der Waals surface area contributed by atoms with E-state index >= 15 is 0 Å². The first-order chi connectivity index (χ1) is 9.65. The lowest BCUT2D eigenvalue weighted by Crippen LogP contribution is -2.44. The van der Waals surface area contributed by atoms with Gasteiger partial charge in [-0.25, -0.2) is 4.79 Å². The molecule has 20 heavy (non-hydrogen) atoms. The Balaban J connectivity index is 1.80. The number of carbonyl (C=O) groups is 1. The molecule has 1 aromatic rings. The number of urea groups is 1. The Morgan fingerprint density at radius 3 is 2.90 bits per heavy atom. The highest BCUT2D eigenvalue weighted by Gasteiger charge is 2.22. The molecule has 2 unspecified atom stereocenters. The molecule has 4 heteroatoms. The highest BCUT2D eigenvalue weighted by molar-refractivity contribution is 6.30. The van der Waals surface area contributed by atoms with Gasteiger partial charge in [-0.3, -0.25) is 0 Å². The van der Waals surface area contributed by atoms with Crippen LogP contribution in [0.2, 0.25) is 5.02 Å². The van der Waals surface area contributed by atoms with Crippen LogP contribution in [0.1, 0.15) is 38.2 Å². The fraction of sp³-hybridized carbons (Fsp3) is 0.438. The van der Waals surface area contributed by atoms with Crippen LogP contribution < -0.4 is 10.6 Å². The van der Waals surface area contributed by atoms with E-state index in [0.717, 1.165) is 12.0 Å². The van der Waals surface area contributed by atoms with E-state index in [1.165, 1.54) is 19.3 Å². The minimum absolute atomic E-state index is 0.137. The van der Waals surface area contributed by atoms with Gasteiger partial charge in [0.2, 0.25) is 0 Å². The van der Waals surface area contributed by atoms with E-state index in [2.05, 4.69) is 17.6 Å². The number of carbonyl (C=O) groups excluding carboxylic acids is 1. The van der Waals surface area contributed by atoms with Gasteiger partial charge in [-0.1, -0.05) is 43.5 Å². The van der Waals surface area contributed by atoms with Gasteiger partial charge in [0, 0.05) is 17.3 Å². The van der Waals surface area contributed by atoms with Crippen molar-refractivity contribution in [2.24, 2.45) is 5.92 Å². The molecule has 1 aromatic carbocycles. The molecule has 0 saturated heterocycles. The Kier molecular flexibility index (Phi) is 5.48. The van der Waals surface area contributed by atoms with Crippen molar-refractivity contribution in [3.63, 3.8) is 0 Å². The zero-order valence-electron chi connectivity index (χ0n) is 11.7. The molecule has 0 bridgehead atoms. The van der Waals surface area contributed by atoms with Crippen LogP contribution >= 0.6 is 11.6 Å². The SMILES string of the molecule is CC1CCCCC1NC(=O)N/C=C/c1cccc(Cl)c1. The predicted octanol–water partition coefficient (Wildman–Crippen LogP) is 4.19. The summed E-state index contributed by atoms with van der Waals surface area (Å²) in [5.74, 6) is 0.561. The predicted molar refractivity (Wildman–Crippen MR) is 83.6 cm³/mol. The second-order valence-corrected chi connectivity index (χ2v) is 5.81. The number of hydrogen-bond donors (Lipinski definition) is 2. The molecular weight excluding hydrogens is 272 g/mol. The van der Waals surface area contributed by atoms with Gasteiger partial charge in [-0.15, -0.1) is 0 Å². The minimum atomic E-state index is -0.137. The first kappa shape index (κ1) is 14.9. The van der Waals surface area contributed by atoms with Crippen molar-refractivity contribution >= 4 is 23.7 Å². The third-order valence-electron chi connectivity index (χ3n) is 3.77. The van der Waals surface area contributed by atoms with Gasteiger partial charge in [0.1, 0.15) is 0 Å². The molecule has 2 rings (SSSR count). The maximum absolute atomic E-state index is 11.8. The molecule has 1 saturated carbocycles. The number of amides is 2. The Hall–Kier alpha value is -1.48. The fourth-order valence-electron chi connectivity index (χ4n) is 2.56. The van der Waals surface area contributed by atoms with Crippen molar-refractivity contribution in [1.29, 1.82) is 0 Å². The van der Waals surface area contributed by atoms with Gasteiger partial charge in [-0.2, -0.15) is 0 Å². The Morgan fingerprint density at radius 1 is 1.35 bits per heavy atom. The molecule has 0 spiro atoms. The summed E-state index contributed by atoms with van der Waals surface area (Å²) in [6.07, 6.45) is 8.23. The van der Waals surface area contributed by atoms with Gasteiger partial charge >= 0.3 is 6.03 Å². The van der Waals surface area contributed by atoms with Crippen molar-refractivity contribution in [2.75, 3.05) is 0 Å². The lowest BCUT2D eigenvalue weighted by Gasteiger charge is -2.29. The average molecular weight is 293 g/mol. The fourth-order valence-corrected chi connectivity index (χ4v) is 2.76. The van der Waals surface area contributed by atoms with Crippen molar-refractivity contribution in [3.05, 3.63) is 41.1 Å². The normalized spacial score (nSPS) is 22.7. The van der Waals surface area contributed by atoms with E-state index in [1.54, 1.807) is 6.20 Å². The quantitative estimate of drug-likeness (QED) is 0.862. The zero-order chi connectivity index (χ0) is 14.4. The van der Waals surface area contributed by atoms with Crippen molar-refractivity contribution in [1.82, 2.24) is 10.6 Å². The molecule has 0 radical (unpaired) electrons. The molecule has 0 aliphatic heterocycles. The summed E-state index contributed by atoms with van der Waals surface area (Å²) in [5, 5.41) is 6.47. The molecule has 2 atom stereocenters. The number of halogens is 1. The van der Waals surface area contributed by atoms with Crippen LogP contribution in [0.5, 0.6) is 0 Å². The van der Waals surface area contributed by atoms with E-state index in [-0.39, 0.29) is 6.03 Å². The molecule has 1 aliphatic rings. The van der Waals surface area contributed by atoms with Crippen LogP contribution in [-0.4, -0.2) is 12.1 Å². The summed E-state index contributed by atoms with van der Waals surface area (Å²) in [7, 11) is 0. The van der Waals surface area contributed by atoms with Crippen LogP contribution in [0.3, 0.4) is 0 Å². The van der Waals surface area contributed by atoms with Crippen molar-refractivity contribution in [2.45, 2.75) is 38.6 Å². The largest absolute Gasteiger partial charge is 0.335 e. The number of nitrogens with one attached hydrogen (secondary N) is 2. The number of rotatable bonds is 3. The summed E-state index contributed by atoms with van der Waals surface area (Å²) >= 11 is 5.90. The summed E-state index contributed by atoms with van der Waals surface area (Å²) in [4.78, 5) is 11.8. The van der Waals surface area contributed by atoms with E-state index < -0.39 is 0 Å². The first-order valence-electron chi connectivity index (χ1n) is 7.14. The van der Waals surface area contributed by atoms with Crippen LogP contribution in [0.4, 0.5) is 4.79 Å². The molecule has 2 N–H and O–H groups in total. The van der Waals surface area contributed by atoms with E-state index in [4.69, 9.17) is 11.6 Å². The summed E-state index contributed by atoms with van der Waals surface area (Å²) < 4.78 is 0. The second-order valence-electron chi connectivity index (χ2n) is 5.37. The Morgan fingerprint density at radius 2 is 2.15 bits per heavy atom. The van der Waals surface area contributed by atoms with Gasteiger partial charge in [-0.05, 0) is 42.5 Å². The molecule has 0 aromatic heterocycles. The summed E-state index contributed by atoms with van der Waals surface area (Å²) in [6.45, 7) is 2.20. The molecule has 108 valence electrons. The van der Waals surface area contributed by atoms with Crippen LogP contribution in [0.25, 0.3) is 6.08 Å². The Labute approximate surface area is 125 Å². The van der Waals surface area contributed by atoms with Gasteiger partial charge in [0.15, 0.2) is 0 Å². The molecule has 1 fully saturated rings. The number of benzene rings is 1. The first-order valence-corrected chi connectivity index (χ1v) is 7.52. The van der Waals surface area contributed by atoms with Crippen molar-refractivity contribution < 1.29 is 4.79 Å². The lowest BCUT2D eigenvalue weighted by atomic mass is 9.86. The molecule has 0 heterocycles. The van der Waals surface area contributed by atoms with Gasteiger partial charge < -0.3 is 10.6 Å². The highest BCUT2D eigenvalue weighted by atomic mass is 35.5. The van der Waals surface area contributed by atoms with Crippen LogP contribution in [-0.2, 0) is 0 Å². The second kappa shape index (κ2) is 7.34. The average Bonchev–Trinajstić information content (AvgIpc) is 2.41. The third kappa shape index (κ3) is 4.57. The molecule has 3 nitrogen and oxygen atoms in total. The van der Waals surface area contributed by atoms with E-state index in [9.17, 15) is 4.79 Å². The Bertz CT molecular complexity index is 487. The summed E-state index contributed by atoms with van der Waals surface area (Å²) in [6, 6.07) is 7.65. The summed E-state index contributed by atoms with van der Waals surface area (Å²) in [5.41, 5.74) is 0.962. The van der Waals surface area contributed by atoms with E-state index in [1.807, 2.05) is 30.3 Å². The maximum atomic E-state index is 11.8. The molecule has 2 amide bonds. The molecular formula is C16H21ClN2O. The minimum Gasteiger partial charge on any atom is -0.335 e. The molecule has 1 aliphatic carbocycles. The van der Waals surface area contributed by atoms with E-state index in [0.29, 0.717) is 17.0 Å². The third-order valence-corrected chi connectivity index (χ3v) is 4.00.